The summed E-state index contributed by atoms with van der Waals surface area (Å²) in [4.78, 5) is 33.6. The van der Waals surface area contributed by atoms with Crippen LogP contribution in [-0.2, 0) is 0 Å². The second-order valence-electron chi connectivity index (χ2n) is 7.26. The maximum atomic E-state index is 12.7. The Morgan fingerprint density at radius 1 is 1.33 bits per heavy atom. The third kappa shape index (κ3) is 2.42. The van der Waals surface area contributed by atoms with Crippen LogP contribution in [0.1, 0.15) is 23.8 Å². The van der Waals surface area contributed by atoms with Gasteiger partial charge in [0.25, 0.3) is 5.91 Å². The van der Waals surface area contributed by atoms with Crippen LogP contribution in [0.4, 0.5) is 10.6 Å². The van der Waals surface area contributed by atoms with E-state index in [1.54, 1.807) is 24.2 Å². The number of hydrogen-bond donors (Lipinski definition) is 2. The molecule has 2 fully saturated rings. The Hall–Kier alpha value is -2.94. The molecule has 0 aromatic carbocycles. The number of hydrogen-bond acceptors (Lipinski definition) is 5. The van der Waals surface area contributed by atoms with Gasteiger partial charge in [0.2, 0.25) is 0 Å². The average Bonchev–Trinajstić information content (AvgIpc) is 3.21. The third-order valence-electron chi connectivity index (χ3n) is 5.59. The Balaban J connectivity index is 1.43. The van der Waals surface area contributed by atoms with Gasteiger partial charge in [-0.15, -0.1) is 0 Å². The Morgan fingerprint density at radius 2 is 2.19 bits per heavy atom. The van der Waals surface area contributed by atoms with E-state index in [1.807, 2.05) is 17.1 Å². The van der Waals surface area contributed by atoms with E-state index < -0.39 is 0 Å². The highest BCUT2D eigenvalue weighted by atomic mass is 16.5. The second kappa shape index (κ2) is 5.78. The topological polar surface area (TPSA) is 84.2 Å². The third-order valence-corrected chi connectivity index (χ3v) is 5.59. The van der Waals surface area contributed by atoms with Crippen LogP contribution in [0, 0.1) is 0 Å². The zero-order valence-electron chi connectivity index (χ0n) is 15.3. The number of carbonyl (C=O) groups excluding carboxylic acids is 2. The molecule has 9 nitrogen and oxygen atoms in total. The first-order valence-electron chi connectivity index (χ1n) is 9.19. The van der Waals surface area contributed by atoms with Crippen molar-refractivity contribution in [2.24, 2.45) is 0 Å². The molecular weight excluding hydrogens is 348 g/mol. The fourth-order valence-corrected chi connectivity index (χ4v) is 3.88. The fraction of sp³-hybridized carbons (Fsp3) is 0.444. The van der Waals surface area contributed by atoms with Gasteiger partial charge in [0, 0.05) is 37.6 Å². The normalized spacial score (nSPS) is 26.4. The van der Waals surface area contributed by atoms with Crippen molar-refractivity contribution >= 4 is 17.8 Å². The number of nitrogens with zero attached hydrogens (tertiary/aromatic N) is 4. The largest absolute Gasteiger partial charge is 0.488 e. The first kappa shape index (κ1) is 16.2. The number of rotatable bonds is 2. The molecule has 0 aliphatic carbocycles. The molecule has 0 spiro atoms. The van der Waals surface area contributed by atoms with E-state index in [2.05, 4.69) is 22.2 Å². The lowest BCUT2D eigenvalue weighted by atomic mass is 10.1. The van der Waals surface area contributed by atoms with Crippen molar-refractivity contribution in [1.29, 1.82) is 0 Å². The monoisotopic (exact) mass is 370 g/mol. The summed E-state index contributed by atoms with van der Waals surface area (Å²) >= 11 is 0. The van der Waals surface area contributed by atoms with E-state index in [4.69, 9.17) is 4.74 Å². The Bertz CT molecular complexity index is 874. The molecule has 5 heterocycles. The molecule has 0 bridgehead atoms. The highest BCUT2D eigenvalue weighted by molar-refractivity contribution is 5.95. The quantitative estimate of drug-likeness (QED) is 0.813. The number of H-pyrrole nitrogens is 1. The maximum Gasteiger partial charge on any atom is 0.339 e. The summed E-state index contributed by atoms with van der Waals surface area (Å²) in [6.45, 7) is 4.05. The molecule has 5 rings (SSSR count). The molecule has 1 unspecified atom stereocenters. The van der Waals surface area contributed by atoms with Gasteiger partial charge >= 0.3 is 6.03 Å². The van der Waals surface area contributed by atoms with Crippen LogP contribution in [-0.4, -0.2) is 70.7 Å². The number of carbonyl (C=O) groups is 2. The minimum Gasteiger partial charge on any atom is -0.488 e. The molecule has 4 aliphatic rings. The molecule has 2 saturated heterocycles. The van der Waals surface area contributed by atoms with Crippen molar-refractivity contribution in [3.63, 3.8) is 0 Å². The number of likely N-dealkylation sites (tertiary alicyclic amines) is 1. The number of nitrogens with one attached hydrogen (secondary N) is 2. The van der Waals surface area contributed by atoms with Gasteiger partial charge in [0.05, 0.1) is 6.54 Å². The summed E-state index contributed by atoms with van der Waals surface area (Å²) in [5, 5.41) is 1.47. The number of aromatic amines is 1. The van der Waals surface area contributed by atoms with E-state index in [1.165, 1.54) is 5.01 Å². The number of ether oxygens (including phenoxy) is 1. The smallest absolute Gasteiger partial charge is 0.339 e. The molecule has 0 radical (unpaired) electrons. The number of hydrazine groups is 1. The van der Waals surface area contributed by atoms with E-state index >= 15 is 0 Å². The SMILES string of the molecule is C[C@@H]1CCN1C(=O)c1cc2c([nH]1)N(C1=CC3NN(C)C(=O)N3C=C1)CCO2. The molecule has 2 atom stereocenters. The average molecular weight is 370 g/mol. The van der Waals surface area contributed by atoms with E-state index in [0.717, 1.165) is 24.5 Å². The van der Waals surface area contributed by atoms with Gasteiger partial charge in [0.1, 0.15) is 18.5 Å². The van der Waals surface area contributed by atoms with Crippen LogP contribution < -0.4 is 15.1 Å². The predicted molar refractivity (Wildman–Crippen MR) is 97.9 cm³/mol. The Kier molecular flexibility index (Phi) is 3.48. The summed E-state index contributed by atoms with van der Waals surface area (Å²) in [5.41, 5.74) is 4.61. The molecule has 27 heavy (non-hydrogen) atoms. The van der Waals surface area contributed by atoms with Crippen molar-refractivity contribution in [3.8, 4) is 5.75 Å². The van der Waals surface area contributed by atoms with Gasteiger partial charge in [-0.05, 0) is 25.5 Å². The Morgan fingerprint density at radius 3 is 2.93 bits per heavy atom. The summed E-state index contributed by atoms with van der Waals surface area (Å²) in [6.07, 6.45) is 6.52. The first-order chi connectivity index (χ1) is 13.0. The van der Waals surface area contributed by atoms with Gasteiger partial charge < -0.3 is 19.5 Å². The van der Waals surface area contributed by atoms with Gasteiger partial charge in [0.15, 0.2) is 11.6 Å². The zero-order chi connectivity index (χ0) is 18.7. The van der Waals surface area contributed by atoms with Crippen LogP contribution in [0.25, 0.3) is 0 Å². The van der Waals surface area contributed by atoms with Crippen LogP contribution in [0.5, 0.6) is 5.75 Å². The number of aromatic nitrogens is 1. The number of fused-ring (bicyclic) bond motifs is 2. The van der Waals surface area contributed by atoms with Gasteiger partial charge in [-0.3, -0.25) is 14.7 Å². The molecule has 3 amide bonds. The standard InChI is InChI=1S/C18H22N6O3/c1-11-3-5-22(11)17(25)13-10-14-16(19-13)23(7-8-27-14)12-4-6-24-15(9-12)20-21(2)18(24)26/h4,6,9-11,15,19-20H,3,5,7-8H2,1-2H3/t11-,15?/m1/s1. The molecule has 142 valence electrons. The van der Waals surface area contributed by atoms with Crippen LogP contribution in [0.3, 0.4) is 0 Å². The highest BCUT2D eigenvalue weighted by Gasteiger charge is 2.36. The van der Waals surface area contributed by atoms with Crippen molar-refractivity contribution in [3.05, 3.63) is 35.8 Å². The van der Waals surface area contributed by atoms with E-state index in [-0.39, 0.29) is 24.1 Å². The minimum atomic E-state index is -0.216. The lowest BCUT2D eigenvalue weighted by Gasteiger charge is -2.38. The lowest BCUT2D eigenvalue weighted by molar-refractivity contribution is 0.0496. The molecule has 2 N–H and O–H groups in total. The molecular formula is C18H22N6O3. The summed E-state index contributed by atoms with van der Waals surface area (Å²) in [6, 6.07) is 1.98. The maximum absolute atomic E-state index is 12.7. The molecule has 0 saturated carbocycles. The lowest BCUT2D eigenvalue weighted by Crippen LogP contribution is -2.49. The second-order valence-corrected chi connectivity index (χ2v) is 7.26. The van der Waals surface area contributed by atoms with Crippen molar-refractivity contribution in [1.82, 2.24) is 25.2 Å². The van der Waals surface area contributed by atoms with Crippen LogP contribution >= 0.6 is 0 Å². The summed E-state index contributed by atoms with van der Waals surface area (Å²) in [5.74, 6) is 1.47. The van der Waals surface area contributed by atoms with Crippen molar-refractivity contribution in [2.45, 2.75) is 25.6 Å². The molecule has 1 aromatic heterocycles. The minimum absolute atomic E-state index is 0.00993. The number of anilines is 1. The highest BCUT2D eigenvalue weighted by Crippen LogP contribution is 2.36. The summed E-state index contributed by atoms with van der Waals surface area (Å²) in [7, 11) is 1.70. The number of amides is 3. The molecule has 4 aliphatic heterocycles. The number of allylic oxidation sites excluding steroid dienone is 1. The van der Waals surface area contributed by atoms with Gasteiger partial charge in [-0.1, -0.05) is 0 Å². The van der Waals surface area contributed by atoms with Crippen molar-refractivity contribution < 1.29 is 14.3 Å². The van der Waals surface area contributed by atoms with Crippen LogP contribution in [0.15, 0.2) is 30.1 Å². The van der Waals surface area contributed by atoms with Gasteiger partial charge in [-0.2, -0.15) is 0 Å². The predicted octanol–water partition coefficient (Wildman–Crippen LogP) is 1.06. The van der Waals surface area contributed by atoms with E-state index in [9.17, 15) is 9.59 Å². The van der Waals surface area contributed by atoms with Crippen molar-refractivity contribution in [2.75, 3.05) is 31.6 Å². The molecule has 1 aromatic rings. The van der Waals surface area contributed by atoms with E-state index in [0.29, 0.717) is 24.6 Å². The Labute approximate surface area is 156 Å². The zero-order valence-corrected chi connectivity index (χ0v) is 15.3. The summed E-state index contributed by atoms with van der Waals surface area (Å²) < 4.78 is 5.77. The number of urea groups is 1. The van der Waals surface area contributed by atoms with Crippen LogP contribution in [0.2, 0.25) is 0 Å². The first-order valence-corrected chi connectivity index (χ1v) is 9.19. The van der Waals surface area contributed by atoms with Gasteiger partial charge in [-0.25, -0.2) is 10.2 Å². The fourth-order valence-electron chi connectivity index (χ4n) is 3.88. The molecule has 9 heteroatoms.